The molecular formula is C6H3BrN2S. The van der Waals surface area contributed by atoms with Crippen molar-refractivity contribution in [1.29, 1.82) is 5.26 Å². The molecule has 2 nitrogen and oxygen atoms in total. The molecule has 1 aromatic rings. The maximum Gasteiger partial charge on any atom is 0.121 e. The van der Waals surface area contributed by atoms with Crippen molar-refractivity contribution < 1.29 is 0 Å². The molecule has 0 saturated carbocycles. The van der Waals surface area contributed by atoms with E-state index in [-0.39, 0.29) is 0 Å². The molecule has 1 aromatic heterocycles. The average Bonchev–Trinajstić information content (AvgIpc) is 1.94. The number of nitrogens with one attached hydrogen (secondary N) is 1. The highest BCUT2D eigenvalue weighted by Gasteiger charge is 1.92. The van der Waals surface area contributed by atoms with Crippen LogP contribution in [0.2, 0.25) is 0 Å². The van der Waals surface area contributed by atoms with E-state index in [2.05, 4.69) is 20.9 Å². The van der Waals surface area contributed by atoms with E-state index in [4.69, 9.17) is 17.5 Å². The molecular weight excluding hydrogens is 212 g/mol. The molecule has 4 heteroatoms. The molecule has 0 bridgehead atoms. The van der Waals surface area contributed by atoms with Gasteiger partial charge in [0, 0.05) is 10.7 Å². The van der Waals surface area contributed by atoms with Crippen LogP contribution in [0.25, 0.3) is 0 Å². The minimum Gasteiger partial charge on any atom is -0.351 e. The molecule has 0 unspecified atom stereocenters. The Morgan fingerprint density at radius 2 is 2.40 bits per heavy atom. The smallest absolute Gasteiger partial charge is 0.121 e. The number of hydrogen-bond donors (Lipinski definition) is 1. The van der Waals surface area contributed by atoms with Crippen LogP contribution in [0.3, 0.4) is 0 Å². The van der Waals surface area contributed by atoms with Gasteiger partial charge in [0.25, 0.3) is 0 Å². The maximum atomic E-state index is 8.49. The van der Waals surface area contributed by atoms with E-state index in [0.717, 1.165) is 4.47 Å². The summed E-state index contributed by atoms with van der Waals surface area (Å²) in [6.45, 7) is 0. The first-order valence-corrected chi connectivity index (χ1v) is 3.72. The Hall–Kier alpha value is -0.660. The zero-order chi connectivity index (χ0) is 7.56. The van der Waals surface area contributed by atoms with Gasteiger partial charge < -0.3 is 4.98 Å². The van der Waals surface area contributed by atoms with Crippen LogP contribution < -0.4 is 0 Å². The largest absolute Gasteiger partial charge is 0.351 e. The van der Waals surface area contributed by atoms with E-state index < -0.39 is 0 Å². The summed E-state index contributed by atoms with van der Waals surface area (Å²) in [4.78, 5) is 2.76. The molecule has 1 rings (SSSR count). The normalized spacial score (nSPS) is 8.80. The minimum atomic E-state index is 0.478. The summed E-state index contributed by atoms with van der Waals surface area (Å²) in [6.07, 6.45) is 1.70. The zero-order valence-corrected chi connectivity index (χ0v) is 7.29. The van der Waals surface area contributed by atoms with E-state index >= 15 is 0 Å². The lowest BCUT2D eigenvalue weighted by molar-refractivity contribution is 1.25. The fourth-order valence-corrected chi connectivity index (χ4v) is 1.05. The fourth-order valence-electron chi connectivity index (χ4n) is 0.540. The van der Waals surface area contributed by atoms with E-state index in [1.165, 1.54) is 0 Å². The zero-order valence-electron chi connectivity index (χ0n) is 4.89. The molecule has 0 aromatic carbocycles. The van der Waals surface area contributed by atoms with Gasteiger partial charge in [-0.1, -0.05) is 12.2 Å². The summed E-state index contributed by atoms with van der Waals surface area (Å²) in [5, 5.41) is 8.49. The lowest BCUT2D eigenvalue weighted by Gasteiger charge is -1.89. The molecule has 0 amide bonds. The van der Waals surface area contributed by atoms with Gasteiger partial charge in [0.05, 0.1) is 5.56 Å². The number of halogens is 1. The van der Waals surface area contributed by atoms with Gasteiger partial charge >= 0.3 is 0 Å². The molecule has 0 radical (unpaired) electrons. The Morgan fingerprint density at radius 3 is 2.90 bits per heavy atom. The highest BCUT2D eigenvalue weighted by atomic mass is 79.9. The van der Waals surface area contributed by atoms with E-state index in [1.54, 1.807) is 12.3 Å². The van der Waals surface area contributed by atoms with Crippen LogP contribution in [-0.2, 0) is 0 Å². The monoisotopic (exact) mass is 214 g/mol. The second-order valence-electron chi connectivity index (χ2n) is 1.67. The third kappa shape index (κ3) is 1.43. The minimum absolute atomic E-state index is 0.478. The van der Waals surface area contributed by atoms with Crippen LogP contribution in [0.15, 0.2) is 16.7 Å². The third-order valence-electron chi connectivity index (χ3n) is 0.988. The van der Waals surface area contributed by atoms with Crippen molar-refractivity contribution in [3.63, 3.8) is 0 Å². The standard InChI is InChI=1S/C6H3BrN2S/c7-5-1-4(2-8)6(10)9-3-5/h1,3H,(H,9,10). The van der Waals surface area contributed by atoms with Crippen LogP contribution in [0.1, 0.15) is 5.56 Å². The molecule has 0 aliphatic carbocycles. The number of pyridine rings is 1. The Kier molecular flexibility index (Phi) is 2.20. The highest BCUT2D eigenvalue weighted by Crippen LogP contribution is 2.09. The van der Waals surface area contributed by atoms with Crippen molar-refractivity contribution in [3.8, 4) is 6.07 Å². The Bertz CT molecular complexity index is 336. The molecule has 1 N–H and O–H groups in total. The second kappa shape index (κ2) is 2.95. The first kappa shape index (κ1) is 7.45. The number of H-pyrrole nitrogens is 1. The number of nitrogens with zero attached hydrogens (tertiary/aromatic N) is 1. The van der Waals surface area contributed by atoms with Gasteiger partial charge in [-0.25, -0.2) is 0 Å². The van der Waals surface area contributed by atoms with Gasteiger partial charge in [-0.05, 0) is 22.0 Å². The fraction of sp³-hybridized carbons (Fsp3) is 0. The quantitative estimate of drug-likeness (QED) is 0.675. The molecule has 0 aliphatic rings. The van der Waals surface area contributed by atoms with Crippen molar-refractivity contribution >= 4 is 28.1 Å². The molecule has 0 aliphatic heterocycles. The number of hydrogen-bond acceptors (Lipinski definition) is 2. The van der Waals surface area contributed by atoms with Crippen molar-refractivity contribution in [2.75, 3.05) is 0 Å². The molecule has 10 heavy (non-hydrogen) atoms. The Labute approximate surface area is 71.6 Å². The van der Waals surface area contributed by atoms with Crippen molar-refractivity contribution in [2.45, 2.75) is 0 Å². The molecule has 0 fully saturated rings. The van der Waals surface area contributed by atoms with E-state index in [9.17, 15) is 0 Å². The average molecular weight is 215 g/mol. The van der Waals surface area contributed by atoms with Gasteiger partial charge in [0.1, 0.15) is 10.7 Å². The summed E-state index contributed by atoms with van der Waals surface area (Å²) >= 11 is 8.02. The maximum absolute atomic E-state index is 8.49. The van der Waals surface area contributed by atoms with Gasteiger partial charge in [0.2, 0.25) is 0 Å². The lowest BCUT2D eigenvalue weighted by atomic mass is 10.3. The predicted molar refractivity (Wildman–Crippen MR) is 44.0 cm³/mol. The number of aromatic amines is 1. The highest BCUT2D eigenvalue weighted by molar-refractivity contribution is 9.10. The topological polar surface area (TPSA) is 39.6 Å². The van der Waals surface area contributed by atoms with Gasteiger partial charge in [-0.3, -0.25) is 0 Å². The second-order valence-corrected chi connectivity index (χ2v) is 3.00. The first-order chi connectivity index (χ1) is 4.74. The molecule has 0 saturated heterocycles. The van der Waals surface area contributed by atoms with Crippen LogP contribution in [-0.4, -0.2) is 4.98 Å². The summed E-state index contributed by atoms with van der Waals surface area (Å²) < 4.78 is 1.31. The third-order valence-corrected chi connectivity index (χ3v) is 1.78. The van der Waals surface area contributed by atoms with Crippen LogP contribution in [0.4, 0.5) is 0 Å². The van der Waals surface area contributed by atoms with Gasteiger partial charge in [-0.2, -0.15) is 5.26 Å². The number of rotatable bonds is 0. The lowest BCUT2D eigenvalue weighted by Crippen LogP contribution is -1.80. The Morgan fingerprint density at radius 1 is 1.70 bits per heavy atom. The van der Waals surface area contributed by atoms with Crippen LogP contribution >= 0.6 is 28.1 Å². The van der Waals surface area contributed by atoms with E-state index in [0.29, 0.717) is 10.2 Å². The predicted octanol–water partition coefficient (Wildman–Crippen LogP) is 2.38. The van der Waals surface area contributed by atoms with Gasteiger partial charge in [-0.15, -0.1) is 0 Å². The Balaban J connectivity index is 3.40. The summed E-state index contributed by atoms with van der Waals surface area (Å²) in [6, 6.07) is 3.65. The summed E-state index contributed by atoms with van der Waals surface area (Å²) in [7, 11) is 0. The van der Waals surface area contributed by atoms with Crippen molar-refractivity contribution in [3.05, 3.63) is 26.9 Å². The van der Waals surface area contributed by atoms with Crippen LogP contribution in [0, 0.1) is 16.0 Å². The van der Waals surface area contributed by atoms with Crippen LogP contribution in [0.5, 0.6) is 0 Å². The molecule has 0 atom stereocenters. The molecule has 0 spiro atoms. The first-order valence-electron chi connectivity index (χ1n) is 2.52. The van der Waals surface area contributed by atoms with Gasteiger partial charge in [0.15, 0.2) is 0 Å². The summed E-state index contributed by atoms with van der Waals surface area (Å²) in [5.41, 5.74) is 0.490. The molecule has 50 valence electrons. The van der Waals surface area contributed by atoms with E-state index in [1.807, 2.05) is 6.07 Å². The molecule has 1 heterocycles. The van der Waals surface area contributed by atoms with Crippen molar-refractivity contribution in [1.82, 2.24) is 4.98 Å². The number of aromatic nitrogens is 1. The number of nitriles is 1. The summed E-state index contributed by atoms with van der Waals surface area (Å²) in [5.74, 6) is 0. The van der Waals surface area contributed by atoms with Crippen molar-refractivity contribution in [2.24, 2.45) is 0 Å². The SMILES string of the molecule is N#Cc1cc(Br)c[nH]c1=S.